The average molecular weight is 412 g/mol. The van der Waals surface area contributed by atoms with E-state index < -0.39 is 23.5 Å². The van der Waals surface area contributed by atoms with Crippen LogP contribution in [0.5, 0.6) is 0 Å². The molecule has 160 valence electrons. The quantitative estimate of drug-likeness (QED) is 0.586. The second-order valence-electron chi connectivity index (χ2n) is 8.56. The standard InChI is InChI=1S/C22H28N4O4/c27-18(14-26-20(29)22(25-21(26)30)11-5-2-6-12-22)24-17(19(28)23-16-9-10-16)13-15-7-3-1-4-8-15/h1,3-4,7-8,16-17H,2,5-6,9-14H2,(H,23,28)(H,24,27)(H,25,30). The molecule has 30 heavy (non-hydrogen) atoms. The van der Waals surface area contributed by atoms with Crippen molar-refractivity contribution in [2.75, 3.05) is 6.54 Å². The van der Waals surface area contributed by atoms with Crippen molar-refractivity contribution < 1.29 is 19.2 Å². The molecule has 3 N–H and O–H groups in total. The Hall–Kier alpha value is -2.90. The van der Waals surface area contributed by atoms with Crippen LogP contribution in [0.3, 0.4) is 0 Å². The molecular weight excluding hydrogens is 384 g/mol. The Bertz CT molecular complexity index is 831. The van der Waals surface area contributed by atoms with Crippen LogP contribution in [0.2, 0.25) is 0 Å². The first-order valence-electron chi connectivity index (χ1n) is 10.7. The number of nitrogens with zero attached hydrogens (tertiary/aromatic N) is 1. The largest absolute Gasteiger partial charge is 0.352 e. The molecule has 1 aromatic rings. The number of carbonyl (C=O) groups is 4. The van der Waals surface area contributed by atoms with Crippen LogP contribution in [0.1, 0.15) is 50.5 Å². The maximum Gasteiger partial charge on any atom is 0.325 e. The SMILES string of the molecule is O=C(CN1C(=O)NC2(CCCCC2)C1=O)NC(Cc1ccccc1)C(=O)NC1CC1. The van der Waals surface area contributed by atoms with Gasteiger partial charge in [-0.15, -0.1) is 0 Å². The summed E-state index contributed by atoms with van der Waals surface area (Å²) in [6.07, 6.45) is 6.26. The molecule has 3 fully saturated rings. The summed E-state index contributed by atoms with van der Waals surface area (Å²) < 4.78 is 0. The molecule has 5 amide bonds. The Kier molecular flexibility index (Phi) is 5.74. The molecule has 1 atom stereocenters. The molecular formula is C22H28N4O4. The molecule has 1 spiro atoms. The number of hydrogen-bond acceptors (Lipinski definition) is 4. The van der Waals surface area contributed by atoms with Gasteiger partial charge in [0.15, 0.2) is 0 Å². The van der Waals surface area contributed by atoms with Gasteiger partial charge >= 0.3 is 6.03 Å². The zero-order valence-electron chi connectivity index (χ0n) is 17.0. The van der Waals surface area contributed by atoms with Crippen molar-refractivity contribution in [3.8, 4) is 0 Å². The monoisotopic (exact) mass is 412 g/mol. The van der Waals surface area contributed by atoms with Crippen LogP contribution in [-0.4, -0.2) is 52.8 Å². The number of carbonyl (C=O) groups excluding carboxylic acids is 4. The predicted octanol–water partition coefficient (Wildman–Crippen LogP) is 1.25. The highest BCUT2D eigenvalue weighted by atomic mass is 16.2. The Morgan fingerprint density at radius 1 is 1.10 bits per heavy atom. The summed E-state index contributed by atoms with van der Waals surface area (Å²) >= 11 is 0. The van der Waals surface area contributed by atoms with Gasteiger partial charge in [0.05, 0.1) is 0 Å². The highest BCUT2D eigenvalue weighted by Gasteiger charge is 2.51. The lowest BCUT2D eigenvalue weighted by Gasteiger charge is -2.30. The minimum absolute atomic E-state index is 0.171. The lowest BCUT2D eigenvalue weighted by molar-refractivity contribution is -0.136. The molecule has 4 rings (SSSR count). The van der Waals surface area contributed by atoms with Crippen molar-refractivity contribution >= 4 is 23.8 Å². The van der Waals surface area contributed by atoms with E-state index in [0.717, 1.165) is 42.6 Å². The lowest BCUT2D eigenvalue weighted by atomic mass is 9.82. The fraction of sp³-hybridized carbons (Fsp3) is 0.545. The third-order valence-corrected chi connectivity index (χ3v) is 6.11. The smallest absolute Gasteiger partial charge is 0.325 e. The average Bonchev–Trinajstić information content (AvgIpc) is 3.53. The van der Waals surface area contributed by atoms with Crippen LogP contribution in [0, 0.1) is 0 Å². The molecule has 1 saturated heterocycles. The van der Waals surface area contributed by atoms with Gasteiger partial charge in [-0.3, -0.25) is 19.3 Å². The molecule has 8 heteroatoms. The fourth-order valence-electron chi connectivity index (χ4n) is 4.29. The summed E-state index contributed by atoms with van der Waals surface area (Å²) in [5.41, 5.74) is 0.0625. The second-order valence-corrected chi connectivity index (χ2v) is 8.56. The van der Waals surface area contributed by atoms with Crippen LogP contribution in [0.15, 0.2) is 30.3 Å². The van der Waals surface area contributed by atoms with E-state index in [9.17, 15) is 19.2 Å². The van der Waals surface area contributed by atoms with Gasteiger partial charge < -0.3 is 16.0 Å². The minimum atomic E-state index is -0.859. The predicted molar refractivity (Wildman–Crippen MR) is 109 cm³/mol. The third-order valence-electron chi connectivity index (χ3n) is 6.11. The molecule has 1 aromatic carbocycles. The highest BCUT2D eigenvalue weighted by Crippen LogP contribution is 2.33. The van der Waals surface area contributed by atoms with E-state index in [1.165, 1.54) is 0 Å². The molecule has 0 bridgehead atoms. The van der Waals surface area contributed by atoms with Crippen molar-refractivity contribution in [2.45, 2.75) is 69.0 Å². The second kappa shape index (κ2) is 8.45. The van der Waals surface area contributed by atoms with Crippen molar-refractivity contribution in [3.05, 3.63) is 35.9 Å². The molecule has 0 aromatic heterocycles. The fourth-order valence-corrected chi connectivity index (χ4v) is 4.29. The van der Waals surface area contributed by atoms with Gasteiger partial charge in [-0.1, -0.05) is 49.6 Å². The maximum absolute atomic E-state index is 12.9. The molecule has 1 unspecified atom stereocenters. The Labute approximate surface area is 175 Å². The third kappa shape index (κ3) is 4.47. The van der Waals surface area contributed by atoms with E-state index in [0.29, 0.717) is 19.3 Å². The molecule has 0 radical (unpaired) electrons. The van der Waals surface area contributed by atoms with Crippen LogP contribution in [-0.2, 0) is 20.8 Å². The Balaban J connectivity index is 1.41. The molecule has 2 aliphatic carbocycles. The van der Waals surface area contributed by atoms with Gasteiger partial charge in [-0.25, -0.2) is 4.79 Å². The molecule has 2 saturated carbocycles. The van der Waals surface area contributed by atoms with E-state index in [1.807, 2.05) is 30.3 Å². The van der Waals surface area contributed by atoms with Crippen molar-refractivity contribution in [2.24, 2.45) is 0 Å². The first kappa shape index (κ1) is 20.4. The number of hydrogen-bond donors (Lipinski definition) is 3. The van der Waals surface area contributed by atoms with Gasteiger partial charge in [-0.05, 0) is 31.2 Å². The van der Waals surface area contributed by atoms with Gasteiger partial charge in [0, 0.05) is 12.5 Å². The Morgan fingerprint density at radius 3 is 2.47 bits per heavy atom. The van der Waals surface area contributed by atoms with Crippen molar-refractivity contribution in [3.63, 3.8) is 0 Å². The molecule has 3 aliphatic rings. The molecule has 8 nitrogen and oxygen atoms in total. The summed E-state index contributed by atoms with van der Waals surface area (Å²) in [5.74, 6) is -1.08. The minimum Gasteiger partial charge on any atom is -0.352 e. The molecule has 1 aliphatic heterocycles. The van der Waals surface area contributed by atoms with E-state index >= 15 is 0 Å². The topological polar surface area (TPSA) is 108 Å². The zero-order chi connectivity index (χ0) is 21.1. The summed E-state index contributed by atoms with van der Waals surface area (Å²) in [5, 5.41) is 8.46. The number of amides is 5. The summed E-state index contributed by atoms with van der Waals surface area (Å²) in [6.45, 7) is -0.381. The number of nitrogens with one attached hydrogen (secondary N) is 3. The Morgan fingerprint density at radius 2 is 1.80 bits per heavy atom. The number of imide groups is 1. The van der Waals surface area contributed by atoms with Crippen molar-refractivity contribution in [1.82, 2.24) is 20.9 Å². The van der Waals surface area contributed by atoms with Gasteiger partial charge in [0.2, 0.25) is 11.8 Å². The lowest BCUT2D eigenvalue weighted by Crippen LogP contribution is -2.52. The summed E-state index contributed by atoms with van der Waals surface area (Å²) in [7, 11) is 0. The van der Waals surface area contributed by atoms with Crippen LogP contribution >= 0.6 is 0 Å². The van der Waals surface area contributed by atoms with E-state index in [-0.39, 0.29) is 24.4 Å². The van der Waals surface area contributed by atoms with Crippen LogP contribution in [0.4, 0.5) is 4.79 Å². The number of benzene rings is 1. The zero-order valence-corrected chi connectivity index (χ0v) is 17.0. The highest BCUT2D eigenvalue weighted by molar-refractivity contribution is 6.09. The normalized spacial score (nSPS) is 21.3. The van der Waals surface area contributed by atoms with E-state index in [2.05, 4.69) is 16.0 Å². The maximum atomic E-state index is 12.9. The van der Waals surface area contributed by atoms with E-state index in [4.69, 9.17) is 0 Å². The van der Waals surface area contributed by atoms with Gasteiger partial charge in [-0.2, -0.15) is 0 Å². The van der Waals surface area contributed by atoms with Crippen LogP contribution < -0.4 is 16.0 Å². The van der Waals surface area contributed by atoms with Gasteiger partial charge in [0.25, 0.3) is 5.91 Å². The first-order chi connectivity index (χ1) is 14.5. The first-order valence-corrected chi connectivity index (χ1v) is 10.7. The van der Waals surface area contributed by atoms with Crippen LogP contribution in [0.25, 0.3) is 0 Å². The molecule has 1 heterocycles. The number of rotatable bonds is 7. The number of urea groups is 1. The van der Waals surface area contributed by atoms with E-state index in [1.54, 1.807) is 0 Å². The summed E-state index contributed by atoms with van der Waals surface area (Å²) in [4.78, 5) is 51.6. The van der Waals surface area contributed by atoms with Gasteiger partial charge in [0.1, 0.15) is 18.1 Å². The summed E-state index contributed by atoms with van der Waals surface area (Å²) in [6, 6.07) is 8.32. The van der Waals surface area contributed by atoms with Crippen molar-refractivity contribution in [1.29, 1.82) is 0 Å².